The van der Waals surface area contributed by atoms with E-state index < -0.39 is 10.0 Å². The van der Waals surface area contributed by atoms with Crippen molar-refractivity contribution >= 4 is 21.4 Å². The number of aryl methyl sites for hydroxylation is 2. The highest BCUT2D eigenvalue weighted by Gasteiger charge is 2.18. The highest BCUT2D eigenvalue weighted by molar-refractivity contribution is 7.91. The fourth-order valence-electron chi connectivity index (χ4n) is 2.30. The number of thiophene rings is 1. The third kappa shape index (κ3) is 3.36. The molecule has 2 heterocycles. The van der Waals surface area contributed by atoms with Crippen molar-refractivity contribution in [3.8, 4) is 11.3 Å². The molecule has 0 aliphatic carbocycles. The summed E-state index contributed by atoms with van der Waals surface area (Å²) in [6.07, 6.45) is 1.69. The van der Waals surface area contributed by atoms with Crippen molar-refractivity contribution in [2.75, 3.05) is 0 Å². The highest BCUT2D eigenvalue weighted by atomic mass is 32.2. The molecule has 0 saturated heterocycles. The van der Waals surface area contributed by atoms with E-state index in [2.05, 4.69) is 9.82 Å². The summed E-state index contributed by atoms with van der Waals surface area (Å²) in [5.41, 5.74) is 3.78. The average Bonchev–Trinajstić information content (AvgIpc) is 3.15. The first-order valence-electron chi connectivity index (χ1n) is 7.08. The zero-order valence-corrected chi connectivity index (χ0v) is 14.5. The number of aromatic nitrogens is 2. The minimum atomic E-state index is -3.52. The summed E-state index contributed by atoms with van der Waals surface area (Å²) in [5.74, 6) is 0. The second kappa shape index (κ2) is 6.27. The summed E-state index contributed by atoms with van der Waals surface area (Å²) in [5, 5.41) is 5.94. The smallest absolute Gasteiger partial charge is 0.250 e. The molecule has 0 aliphatic rings. The van der Waals surface area contributed by atoms with Gasteiger partial charge in [-0.1, -0.05) is 24.3 Å². The monoisotopic (exact) mass is 347 g/mol. The van der Waals surface area contributed by atoms with Gasteiger partial charge in [-0.15, -0.1) is 11.3 Å². The second-order valence-electron chi connectivity index (χ2n) is 5.25. The van der Waals surface area contributed by atoms with Gasteiger partial charge in [0.15, 0.2) is 0 Å². The Hall–Kier alpha value is -1.96. The van der Waals surface area contributed by atoms with Gasteiger partial charge in [-0.3, -0.25) is 4.68 Å². The van der Waals surface area contributed by atoms with Crippen molar-refractivity contribution in [3.05, 3.63) is 59.1 Å². The average molecular weight is 347 g/mol. The first-order chi connectivity index (χ1) is 11.0. The van der Waals surface area contributed by atoms with Crippen LogP contribution >= 0.6 is 11.3 Å². The van der Waals surface area contributed by atoms with E-state index in [9.17, 15) is 8.42 Å². The van der Waals surface area contributed by atoms with Gasteiger partial charge in [-0.05, 0) is 30.2 Å². The molecule has 7 heteroatoms. The van der Waals surface area contributed by atoms with Gasteiger partial charge in [-0.2, -0.15) is 5.10 Å². The van der Waals surface area contributed by atoms with Crippen LogP contribution in [-0.2, 0) is 23.6 Å². The van der Waals surface area contributed by atoms with Crippen LogP contribution in [0.25, 0.3) is 11.3 Å². The summed E-state index contributed by atoms with van der Waals surface area (Å²) >= 11 is 1.21. The van der Waals surface area contributed by atoms with Gasteiger partial charge in [-0.25, -0.2) is 13.1 Å². The van der Waals surface area contributed by atoms with E-state index in [0.29, 0.717) is 4.21 Å². The van der Waals surface area contributed by atoms with E-state index in [0.717, 1.165) is 22.4 Å². The van der Waals surface area contributed by atoms with E-state index in [4.69, 9.17) is 0 Å². The van der Waals surface area contributed by atoms with Gasteiger partial charge in [0.2, 0.25) is 10.0 Å². The molecule has 2 aromatic heterocycles. The van der Waals surface area contributed by atoms with Crippen LogP contribution in [0.15, 0.2) is 52.2 Å². The summed E-state index contributed by atoms with van der Waals surface area (Å²) in [6.45, 7) is 2.25. The van der Waals surface area contributed by atoms with Gasteiger partial charge in [0, 0.05) is 30.7 Å². The molecule has 0 amide bonds. The van der Waals surface area contributed by atoms with Crippen molar-refractivity contribution in [1.29, 1.82) is 0 Å². The van der Waals surface area contributed by atoms with Crippen molar-refractivity contribution < 1.29 is 8.42 Å². The maximum absolute atomic E-state index is 12.5. The fourth-order valence-corrected chi connectivity index (χ4v) is 4.53. The number of benzene rings is 1. The molecule has 1 N–H and O–H groups in total. The first-order valence-corrected chi connectivity index (χ1v) is 9.45. The van der Waals surface area contributed by atoms with Crippen LogP contribution in [0.1, 0.15) is 11.1 Å². The number of sulfonamides is 1. The molecule has 3 rings (SSSR count). The van der Waals surface area contributed by atoms with E-state index in [1.54, 1.807) is 16.9 Å². The second-order valence-corrected chi connectivity index (χ2v) is 8.15. The number of nitrogens with one attached hydrogen (secondary N) is 1. The zero-order valence-electron chi connectivity index (χ0n) is 12.9. The molecule has 0 atom stereocenters. The van der Waals surface area contributed by atoms with Gasteiger partial charge in [0.05, 0.1) is 5.69 Å². The van der Waals surface area contributed by atoms with Crippen molar-refractivity contribution in [2.24, 2.45) is 7.05 Å². The number of nitrogens with zero attached hydrogens (tertiary/aromatic N) is 2. The van der Waals surface area contributed by atoms with Crippen LogP contribution in [0, 0.1) is 6.92 Å². The Morgan fingerprint density at radius 2 is 2.04 bits per heavy atom. The summed E-state index contributed by atoms with van der Waals surface area (Å²) < 4.78 is 29.6. The van der Waals surface area contributed by atoms with E-state index >= 15 is 0 Å². The Morgan fingerprint density at radius 3 is 2.74 bits per heavy atom. The van der Waals surface area contributed by atoms with Crippen LogP contribution in [-0.4, -0.2) is 18.2 Å². The topological polar surface area (TPSA) is 64.0 Å². The predicted octanol–water partition coefficient (Wildman–Crippen LogP) is 2.94. The molecule has 23 heavy (non-hydrogen) atoms. The lowest BCUT2D eigenvalue weighted by Crippen LogP contribution is -2.22. The maximum Gasteiger partial charge on any atom is 0.250 e. The maximum atomic E-state index is 12.5. The Morgan fingerprint density at radius 1 is 1.26 bits per heavy atom. The Bertz CT molecular complexity index is 926. The molecule has 120 valence electrons. The molecule has 0 unspecified atom stereocenters. The molecule has 1 aromatic carbocycles. The molecule has 0 radical (unpaired) electrons. The first kappa shape index (κ1) is 15.9. The third-order valence-corrected chi connectivity index (χ3v) is 6.51. The lowest BCUT2D eigenvalue weighted by Gasteiger charge is -2.07. The minimum Gasteiger partial charge on any atom is -0.268 e. The van der Waals surface area contributed by atoms with Gasteiger partial charge < -0.3 is 0 Å². The number of rotatable bonds is 5. The number of hydrogen-bond donors (Lipinski definition) is 1. The highest BCUT2D eigenvalue weighted by Crippen LogP contribution is 2.28. The minimum absolute atomic E-state index is 0.286. The molecular weight excluding hydrogens is 330 g/mol. The molecule has 0 saturated carbocycles. The van der Waals surface area contributed by atoms with E-state index in [-0.39, 0.29) is 6.54 Å². The SMILES string of the molecule is Cc1ccccc1CNS(=O)(=O)c1cc(-c2ccnn2C)cs1. The van der Waals surface area contributed by atoms with E-state index in [1.807, 2.05) is 49.7 Å². The molecule has 0 spiro atoms. The van der Waals surface area contributed by atoms with E-state index in [1.165, 1.54) is 11.3 Å². The van der Waals surface area contributed by atoms with Crippen LogP contribution in [0.4, 0.5) is 0 Å². The quantitative estimate of drug-likeness (QED) is 0.772. The van der Waals surface area contributed by atoms with Crippen LogP contribution < -0.4 is 4.72 Å². The lowest BCUT2D eigenvalue weighted by molar-refractivity contribution is 0.583. The normalized spacial score (nSPS) is 11.7. The zero-order chi connectivity index (χ0) is 16.4. The molecule has 5 nitrogen and oxygen atoms in total. The fraction of sp³-hybridized carbons (Fsp3) is 0.188. The van der Waals surface area contributed by atoms with Gasteiger partial charge >= 0.3 is 0 Å². The predicted molar refractivity (Wildman–Crippen MR) is 91.7 cm³/mol. The van der Waals surface area contributed by atoms with Gasteiger partial charge in [0.1, 0.15) is 4.21 Å². The van der Waals surface area contributed by atoms with Crippen molar-refractivity contribution in [3.63, 3.8) is 0 Å². The molecule has 0 aliphatic heterocycles. The molecule has 0 fully saturated rings. The molecular formula is C16H17N3O2S2. The Kier molecular flexibility index (Phi) is 4.34. The summed E-state index contributed by atoms with van der Waals surface area (Å²) in [7, 11) is -1.69. The summed E-state index contributed by atoms with van der Waals surface area (Å²) in [4.78, 5) is 0. The molecule has 0 bridgehead atoms. The van der Waals surface area contributed by atoms with Crippen molar-refractivity contribution in [1.82, 2.24) is 14.5 Å². The van der Waals surface area contributed by atoms with Crippen LogP contribution in [0.3, 0.4) is 0 Å². The number of hydrogen-bond acceptors (Lipinski definition) is 4. The van der Waals surface area contributed by atoms with Crippen LogP contribution in [0.5, 0.6) is 0 Å². The van der Waals surface area contributed by atoms with Gasteiger partial charge in [0.25, 0.3) is 0 Å². The molecule has 3 aromatic rings. The standard InChI is InChI=1S/C16H17N3O2S2/c1-12-5-3-4-6-13(12)10-18-23(20,21)16-9-14(11-22-16)15-7-8-17-19(15)2/h3-9,11,18H,10H2,1-2H3. The largest absolute Gasteiger partial charge is 0.268 e. The Balaban J connectivity index is 1.80. The van der Waals surface area contributed by atoms with Crippen LogP contribution in [0.2, 0.25) is 0 Å². The Labute approximate surface area is 139 Å². The lowest BCUT2D eigenvalue weighted by atomic mass is 10.1. The van der Waals surface area contributed by atoms with Crippen molar-refractivity contribution in [2.45, 2.75) is 17.7 Å². The third-order valence-electron chi connectivity index (χ3n) is 3.67. The summed E-state index contributed by atoms with van der Waals surface area (Å²) in [6, 6.07) is 11.3.